The first-order chi connectivity index (χ1) is 14.8. The molecule has 0 unspecified atom stereocenters. The van der Waals surface area contributed by atoms with Crippen molar-refractivity contribution < 1.29 is 14.4 Å². The molecule has 0 saturated heterocycles. The predicted molar refractivity (Wildman–Crippen MR) is 129 cm³/mol. The van der Waals surface area contributed by atoms with Gasteiger partial charge in [-0.1, -0.05) is 50.2 Å². The molecule has 0 bridgehead atoms. The van der Waals surface area contributed by atoms with Gasteiger partial charge in [0.05, 0.1) is 5.69 Å². The molecule has 0 aliphatic carbocycles. The fourth-order valence-corrected chi connectivity index (χ4v) is 4.23. The van der Waals surface area contributed by atoms with E-state index in [4.69, 9.17) is 21.1 Å². The Labute approximate surface area is 200 Å². The number of carboxylic acid groups (broad SMARTS) is 1. The molecule has 3 rings (SSSR count). The van der Waals surface area contributed by atoms with E-state index in [9.17, 15) is 9.90 Å². The Balaban J connectivity index is 2.20. The molecule has 1 amide bonds. The number of nitrogens with zero attached hydrogens (tertiary/aromatic N) is 4. The summed E-state index contributed by atoms with van der Waals surface area (Å²) in [6, 6.07) is 9.38. The van der Waals surface area contributed by atoms with Crippen molar-refractivity contribution >= 4 is 39.4 Å². The van der Waals surface area contributed by atoms with Crippen LogP contribution in [0.3, 0.4) is 0 Å². The average molecular weight is 522 g/mol. The molecule has 0 saturated carbocycles. The van der Waals surface area contributed by atoms with Gasteiger partial charge in [0.25, 0.3) is 0 Å². The third-order valence-electron chi connectivity index (χ3n) is 4.77. The van der Waals surface area contributed by atoms with Crippen LogP contribution in [0.25, 0.3) is 22.7 Å². The highest BCUT2D eigenvalue weighted by Gasteiger charge is 2.35. The lowest BCUT2D eigenvalue weighted by Gasteiger charge is -2.34. The number of carbonyl (C=O) groups is 1. The minimum absolute atomic E-state index is 0.193. The molecule has 0 radical (unpaired) electrons. The van der Waals surface area contributed by atoms with Crippen LogP contribution >= 0.6 is 27.5 Å². The van der Waals surface area contributed by atoms with Crippen molar-refractivity contribution in [1.29, 1.82) is 0 Å². The van der Waals surface area contributed by atoms with E-state index in [1.165, 1.54) is 4.90 Å². The van der Waals surface area contributed by atoms with Crippen LogP contribution in [-0.2, 0) is 11.3 Å². The standard InChI is InChI=1S/C23H26BrClN4O3/c1-22(2,3)18-19(24)26-17(20(27-18)29(21(30)31)23(4,5)6)16-11-15(28-32-16)14-9-7-13(12-25)8-10-14/h7-11H,12H2,1-6H3,(H,30,31). The van der Waals surface area contributed by atoms with Crippen molar-refractivity contribution in [2.75, 3.05) is 4.90 Å². The van der Waals surface area contributed by atoms with Crippen molar-refractivity contribution in [3.05, 3.63) is 46.2 Å². The van der Waals surface area contributed by atoms with E-state index < -0.39 is 11.6 Å². The maximum absolute atomic E-state index is 12.3. The number of rotatable bonds is 4. The lowest BCUT2D eigenvalue weighted by atomic mass is 9.92. The zero-order valence-electron chi connectivity index (χ0n) is 18.9. The minimum atomic E-state index is -1.13. The highest BCUT2D eigenvalue weighted by Crippen LogP contribution is 2.38. The molecule has 1 aromatic carbocycles. The maximum Gasteiger partial charge on any atom is 0.413 e. The highest BCUT2D eigenvalue weighted by atomic mass is 79.9. The second-order valence-electron chi connectivity index (χ2n) is 9.48. The van der Waals surface area contributed by atoms with Gasteiger partial charge in [0, 0.05) is 28.5 Å². The maximum atomic E-state index is 12.3. The molecule has 0 spiro atoms. The van der Waals surface area contributed by atoms with Crippen molar-refractivity contribution in [3.8, 4) is 22.7 Å². The van der Waals surface area contributed by atoms with Crippen LogP contribution in [0.1, 0.15) is 52.8 Å². The normalized spacial score (nSPS) is 12.1. The van der Waals surface area contributed by atoms with Gasteiger partial charge in [-0.3, -0.25) is 4.90 Å². The summed E-state index contributed by atoms with van der Waals surface area (Å²) in [5.41, 5.74) is 2.25. The third kappa shape index (κ3) is 4.96. The fraction of sp³-hybridized carbons (Fsp3) is 0.391. The molecule has 0 aliphatic heterocycles. The molecule has 0 aliphatic rings. The Kier molecular flexibility index (Phi) is 6.67. The fourth-order valence-electron chi connectivity index (χ4n) is 3.19. The van der Waals surface area contributed by atoms with Gasteiger partial charge in [-0.15, -0.1) is 11.6 Å². The number of alkyl halides is 1. The van der Waals surface area contributed by atoms with E-state index in [0.717, 1.165) is 11.1 Å². The van der Waals surface area contributed by atoms with E-state index in [1.807, 2.05) is 45.0 Å². The number of anilines is 1. The largest absolute Gasteiger partial charge is 0.465 e. The van der Waals surface area contributed by atoms with Crippen molar-refractivity contribution in [1.82, 2.24) is 15.1 Å². The summed E-state index contributed by atoms with van der Waals surface area (Å²) in [7, 11) is 0. The molecule has 3 aromatic rings. The minimum Gasteiger partial charge on any atom is -0.465 e. The number of aromatic nitrogens is 3. The van der Waals surface area contributed by atoms with Crippen LogP contribution in [0.2, 0.25) is 0 Å². The summed E-state index contributed by atoms with van der Waals surface area (Å²) in [6.45, 7) is 11.4. The quantitative estimate of drug-likeness (QED) is 0.376. The molecular weight excluding hydrogens is 496 g/mol. The topological polar surface area (TPSA) is 92.4 Å². The summed E-state index contributed by atoms with van der Waals surface area (Å²) >= 11 is 9.38. The molecule has 2 aromatic heterocycles. The summed E-state index contributed by atoms with van der Waals surface area (Å²) in [5, 5.41) is 14.2. The van der Waals surface area contributed by atoms with Gasteiger partial charge in [-0.2, -0.15) is 0 Å². The smallest absolute Gasteiger partial charge is 0.413 e. The van der Waals surface area contributed by atoms with Crippen LogP contribution in [0.15, 0.2) is 39.5 Å². The molecular formula is C23H26BrClN4O3. The first kappa shape index (κ1) is 24.2. The molecule has 1 N–H and O–H groups in total. The average Bonchev–Trinajstić information content (AvgIpc) is 3.17. The second kappa shape index (κ2) is 8.83. The van der Waals surface area contributed by atoms with E-state index in [-0.39, 0.29) is 11.2 Å². The highest BCUT2D eigenvalue weighted by molar-refractivity contribution is 9.10. The molecule has 7 nitrogen and oxygen atoms in total. The van der Waals surface area contributed by atoms with Gasteiger partial charge in [0.2, 0.25) is 0 Å². The van der Waals surface area contributed by atoms with E-state index in [1.54, 1.807) is 26.8 Å². The van der Waals surface area contributed by atoms with Crippen LogP contribution in [-0.4, -0.2) is 31.9 Å². The van der Waals surface area contributed by atoms with Gasteiger partial charge in [-0.25, -0.2) is 14.8 Å². The summed E-state index contributed by atoms with van der Waals surface area (Å²) < 4.78 is 6.13. The summed E-state index contributed by atoms with van der Waals surface area (Å²) in [6.07, 6.45) is -1.13. The lowest BCUT2D eigenvalue weighted by Crippen LogP contribution is -2.46. The molecule has 32 heavy (non-hydrogen) atoms. The summed E-state index contributed by atoms with van der Waals surface area (Å²) in [5.74, 6) is 0.939. The second-order valence-corrected chi connectivity index (χ2v) is 10.5. The van der Waals surface area contributed by atoms with Crippen molar-refractivity contribution in [2.24, 2.45) is 0 Å². The third-order valence-corrected chi connectivity index (χ3v) is 5.63. The Morgan fingerprint density at radius 2 is 1.75 bits per heavy atom. The van der Waals surface area contributed by atoms with Gasteiger partial charge < -0.3 is 9.63 Å². The molecule has 0 fully saturated rings. The molecule has 0 atom stereocenters. The Bertz CT molecular complexity index is 1130. The number of benzene rings is 1. The molecule has 9 heteroatoms. The first-order valence-electron chi connectivity index (χ1n) is 10.1. The van der Waals surface area contributed by atoms with Crippen molar-refractivity contribution in [2.45, 2.75) is 58.4 Å². The van der Waals surface area contributed by atoms with E-state index >= 15 is 0 Å². The van der Waals surface area contributed by atoms with Gasteiger partial charge in [0.15, 0.2) is 17.3 Å². The number of halogens is 2. The van der Waals surface area contributed by atoms with Crippen LogP contribution < -0.4 is 4.90 Å². The predicted octanol–water partition coefficient (Wildman–Crippen LogP) is 6.88. The summed E-state index contributed by atoms with van der Waals surface area (Å²) in [4.78, 5) is 22.9. The van der Waals surface area contributed by atoms with Gasteiger partial charge in [-0.05, 0) is 42.3 Å². The number of hydrogen-bond acceptors (Lipinski definition) is 5. The van der Waals surface area contributed by atoms with E-state index in [2.05, 4.69) is 26.1 Å². The Morgan fingerprint density at radius 3 is 2.25 bits per heavy atom. The number of hydrogen-bond donors (Lipinski definition) is 1. The Hall–Kier alpha value is -2.45. The number of amides is 1. The zero-order valence-corrected chi connectivity index (χ0v) is 21.2. The van der Waals surface area contributed by atoms with Crippen LogP contribution in [0, 0.1) is 0 Å². The first-order valence-corrected chi connectivity index (χ1v) is 11.4. The van der Waals surface area contributed by atoms with Crippen LogP contribution in [0.4, 0.5) is 10.6 Å². The molecule has 2 heterocycles. The SMILES string of the molecule is CC(C)(C)c1nc(N(C(=O)O)C(C)(C)C)c(-c2cc(-c3ccc(CCl)cc3)no2)nc1Br. The van der Waals surface area contributed by atoms with E-state index in [0.29, 0.717) is 33.3 Å². The monoisotopic (exact) mass is 520 g/mol. The van der Waals surface area contributed by atoms with Crippen molar-refractivity contribution in [3.63, 3.8) is 0 Å². The van der Waals surface area contributed by atoms with Gasteiger partial charge >= 0.3 is 6.09 Å². The van der Waals surface area contributed by atoms with Crippen LogP contribution in [0.5, 0.6) is 0 Å². The van der Waals surface area contributed by atoms with Gasteiger partial charge in [0.1, 0.15) is 10.3 Å². The zero-order chi connectivity index (χ0) is 23.8. The Morgan fingerprint density at radius 1 is 1.12 bits per heavy atom. The molecule has 170 valence electrons. The lowest BCUT2D eigenvalue weighted by molar-refractivity contribution is 0.195.